The van der Waals surface area contributed by atoms with E-state index >= 15 is 0 Å². The van der Waals surface area contributed by atoms with Gasteiger partial charge in [-0.2, -0.15) is 0 Å². The molecule has 204 valence electrons. The summed E-state index contributed by atoms with van der Waals surface area (Å²) in [6.45, 7) is 0. The van der Waals surface area contributed by atoms with Gasteiger partial charge in [0.15, 0.2) is 0 Å². The van der Waals surface area contributed by atoms with E-state index in [2.05, 4.69) is 10.1 Å². The Hall–Kier alpha value is -5.20. The Morgan fingerprint density at radius 1 is 0.750 bits per heavy atom. The zero-order valence-corrected chi connectivity index (χ0v) is 20.4. The smallest absolute Gasteiger partial charge is 0.406 e. The van der Waals surface area contributed by atoms with Gasteiger partial charge in [-0.05, 0) is 72.8 Å². The average Bonchev–Trinajstić information content (AvgIpc) is 2.89. The van der Waals surface area contributed by atoms with Crippen molar-refractivity contribution in [3.8, 4) is 17.1 Å². The molecule has 0 fully saturated rings. The molecule has 0 bridgehead atoms. The van der Waals surface area contributed by atoms with E-state index in [9.17, 15) is 36.3 Å². The zero-order chi connectivity index (χ0) is 28.8. The first-order valence-electron chi connectivity index (χ1n) is 11.5. The molecule has 40 heavy (non-hydrogen) atoms. The van der Waals surface area contributed by atoms with Gasteiger partial charge in [-0.15, -0.1) is 13.2 Å². The molecule has 2 heterocycles. The largest absolute Gasteiger partial charge is 0.573 e. The fourth-order valence-electron chi connectivity index (χ4n) is 4.18. The van der Waals surface area contributed by atoms with E-state index in [1.54, 1.807) is 0 Å². The first kappa shape index (κ1) is 26.4. The molecule has 13 heteroatoms. The molecule has 8 nitrogen and oxygen atoms in total. The third-order valence-corrected chi connectivity index (χ3v) is 5.96. The zero-order valence-electron chi connectivity index (χ0n) is 20.4. The number of anilines is 2. The lowest BCUT2D eigenvalue weighted by molar-refractivity contribution is -0.274. The Morgan fingerprint density at radius 2 is 1.27 bits per heavy atom. The van der Waals surface area contributed by atoms with Gasteiger partial charge in [0.25, 0.3) is 11.1 Å². The molecular weight excluding hydrogens is 539 g/mol. The number of halogens is 5. The van der Waals surface area contributed by atoms with Crippen LogP contribution in [0, 0.1) is 11.6 Å². The molecule has 5 aromatic rings. The van der Waals surface area contributed by atoms with E-state index in [-0.39, 0.29) is 33.8 Å². The van der Waals surface area contributed by atoms with Gasteiger partial charge in [-0.1, -0.05) is 0 Å². The number of benzene rings is 3. The van der Waals surface area contributed by atoms with E-state index in [1.807, 2.05) is 0 Å². The molecule has 0 aliphatic carbocycles. The van der Waals surface area contributed by atoms with E-state index in [0.29, 0.717) is 0 Å². The summed E-state index contributed by atoms with van der Waals surface area (Å²) in [5.74, 6) is -1.70. The highest BCUT2D eigenvalue weighted by molar-refractivity contribution is 5.91. The normalized spacial score (nSPS) is 11.6. The fourth-order valence-corrected chi connectivity index (χ4v) is 4.18. The number of aryl methyl sites for hydroxylation is 1. The number of nitrogens with one attached hydrogen (secondary N) is 1. The average molecular weight is 556 g/mol. The fraction of sp³-hybridized carbons (Fsp3) is 0.0741. The Kier molecular flexibility index (Phi) is 6.49. The van der Waals surface area contributed by atoms with Crippen LogP contribution in [0.15, 0.2) is 93.2 Å². The van der Waals surface area contributed by atoms with Crippen molar-refractivity contribution in [1.29, 1.82) is 0 Å². The van der Waals surface area contributed by atoms with Crippen LogP contribution >= 0.6 is 0 Å². The number of fused-ring (bicyclic) bond motifs is 1. The van der Waals surface area contributed by atoms with Crippen LogP contribution in [0.2, 0.25) is 0 Å². The lowest BCUT2D eigenvalue weighted by atomic mass is 10.2. The second-order valence-corrected chi connectivity index (χ2v) is 8.56. The highest BCUT2D eigenvalue weighted by atomic mass is 19.4. The van der Waals surface area contributed by atoms with Crippen molar-refractivity contribution in [2.75, 3.05) is 5.32 Å². The predicted molar refractivity (Wildman–Crippen MR) is 137 cm³/mol. The summed E-state index contributed by atoms with van der Waals surface area (Å²) >= 11 is 0. The molecule has 0 aliphatic rings. The van der Waals surface area contributed by atoms with Gasteiger partial charge in [-0.3, -0.25) is 14.2 Å². The molecule has 3 aromatic carbocycles. The molecule has 5 rings (SSSR count). The molecule has 2 aromatic heterocycles. The van der Waals surface area contributed by atoms with Crippen molar-refractivity contribution in [3.05, 3.63) is 122 Å². The van der Waals surface area contributed by atoms with E-state index in [0.717, 1.165) is 56.2 Å². The van der Waals surface area contributed by atoms with Crippen LogP contribution in [0.25, 0.3) is 22.4 Å². The van der Waals surface area contributed by atoms with Crippen LogP contribution in [0.3, 0.4) is 0 Å². The summed E-state index contributed by atoms with van der Waals surface area (Å²) in [5, 5.41) is 2.68. The molecule has 0 unspecified atom stereocenters. The summed E-state index contributed by atoms with van der Waals surface area (Å²) in [6.07, 6.45) is -4.90. The van der Waals surface area contributed by atoms with Crippen molar-refractivity contribution in [2.24, 2.45) is 7.05 Å². The topological polar surface area (TPSA) is 87.3 Å². The number of aromatic nitrogens is 3. The molecule has 0 radical (unpaired) electrons. The summed E-state index contributed by atoms with van der Waals surface area (Å²) in [6, 6.07) is 14.9. The SMILES string of the molecule is Cn1c(=O)cc(Nc2ccc(OC(F)(F)F)cc2)c2c(=O)n(-c3ccc(F)cc3)c(=O)n(-c3ccc(F)cc3)c21. The van der Waals surface area contributed by atoms with Gasteiger partial charge in [0, 0.05) is 18.8 Å². The van der Waals surface area contributed by atoms with Crippen molar-refractivity contribution in [3.63, 3.8) is 0 Å². The van der Waals surface area contributed by atoms with Crippen molar-refractivity contribution in [1.82, 2.24) is 13.7 Å². The lowest BCUT2D eigenvalue weighted by Crippen LogP contribution is -2.40. The molecule has 0 atom stereocenters. The molecule has 0 saturated heterocycles. The van der Waals surface area contributed by atoms with Crippen LogP contribution in [0.1, 0.15) is 0 Å². The van der Waals surface area contributed by atoms with Crippen LogP contribution < -0.4 is 26.9 Å². The maximum Gasteiger partial charge on any atom is 0.573 e. The molecule has 0 aliphatic heterocycles. The molecule has 0 amide bonds. The summed E-state index contributed by atoms with van der Waals surface area (Å²) in [5.41, 5.74) is -2.32. The number of hydrogen-bond donors (Lipinski definition) is 1. The predicted octanol–water partition coefficient (Wildman–Crippen LogP) is 4.76. The van der Waals surface area contributed by atoms with Crippen molar-refractivity contribution >= 4 is 22.4 Å². The van der Waals surface area contributed by atoms with Gasteiger partial charge >= 0.3 is 12.1 Å². The molecule has 1 N–H and O–H groups in total. The Morgan fingerprint density at radius 3 is 1.80 bits per heavy atom. The van der Waals surface area contributed by atoms with Crippen molar-refractivity contribution in [2.45, 2.75) is 6.36 Å². The number of ether oxygens (including phenoxy) is 1. The molecular formula is C27H17F5N4O4. The number of hydrogen-bond acceptors (Lipinski definition) is 5. The minimum atomic E-state index is -4.90. The number of rotatable bonds is 5. The van der Waals surface area contributed by atoms with E-state index in [1.165, 1.54) is 43.4 Å². The third-order valence-electron chi connectivity index (χ3n) is 5.96. The maximum atomic E-state index is 13.9. The second kappa shape index (κ2) is 9.84. The van der Waals surface area contributed by atoms with Gasteiger partial charge in [-0.25, -0.2) is 22.7 Å². The van der Waals surface area contributed by atoms with Crippen molar-refractivity contribution < 1.29 is 26.7 Å². The first-order valence-corrected chi connectivity index (χ1v) is 11.5. The van der Waals surface area contributed by atoms with Crippen LogP contribution in [0.4, 0.5) is 33.3 Å². The second-order valence-electron chi connectivity index (χ2n) is 8.56. The molecule has 0 saturated carbocycles. The number of nitrogens with zero attached hydrogens (tertiary/aromatic N) is 3. The van der Waals surface area contributed by atoms with Gasteiger partial charge in [0.2, 0.25) is 0 Å². The lowest BCUT2D eigenvalue weighted by Gasteiger charge is -2.19. The Balaban J connectivity index is 1.81. The minimum absolute atomic E-state index is 0.0163. The van der Waals surface area contributed by atoms with Gasteiger partial charge in [0.1, 0.15) is 28.4 Å². The quantitative estimate of drug-likeness (QED) is 0.316. The monoisotopic (exact) mass is 556 g/mol. The first-order chi connectivity index (χ1) is 18.9. The minimum Gasteiger partial charge on any atom is -0.406 e. The van der Waals surface area contributed by atoms with E-state index in [4.69, 9.17) is 0 Å². The standard InChI is InChI=1S/C27H17F5N4O4/c1-34-22(37)14-21(33-17-6-12-20(13-7-17)40-27(30,31)32)23-24(34)35(18-8-2-15(28)3-9-18)26(39)36(25(23)38)19-10-4-16(29)5-11-19/h2-14,33H,1H3. The summed E-state index contributed by atoms with van der Waals surface area (Å²) in [4.78, 5) is 40.6. The highest BCUT2D eigenvalue weighted by Crippen LogP contribution is 2.27. The van der Waals surface area contributed by atoms with Crippen LogP contribution in [-0.2, 0) is 7.05 Å². The Bertz CT molecular complexity index is 1910. The van der Waals surface area contributed by atoms with Gasteiger partial charge < -0.3 is 10.1 Å². The summed E-state index contributed by atoms with van der Waals surface area (Å²) < 4.78 is 71.7. The van der Waals surface area contributed by atoms with E-state index < -0.39 is 40.6 Å². The third kappa shape index (κ3) is 4.96. The Labute approximate surface area is 220 Å². The van der Waals surface area contributed by atoms with Crippen LogP contribution in [0.5, 0.6) is 5.75 Å². The van der Waals surface area contributed by atoms with Gasteiger partial charge in [0.05, 0.1) is 17.1 Å². The molecule has 0 spiro atoms. The highest BCUT2D eigenvalue weighted by Gasteiger charge is 2.31. The number of pyridine rings is 1. The maximum absolute atomic E-state index is 13.9. The summed E-state index contributed by atoms with van der Waals surface area (Å²) in [7, 11) is 1.33. The number of alkyl halides is 3. The van der Waals surface area contributed by atoms with Crippen LogP contribution in [-0.4, -0.2) is 20.1 Å².